The van der Waals surface area contributed by atoms with Gasteiger partial charge in [-0.1, -0.05) is 37.4 Å². The maximum atomic E-state index is 10.3. The van der Waals surface area contributed by atoms with Gasteiger partial charge in [-0.25, -0.2) is 0 Å². The Labute approximate surface area is 176 Å². The Balaban J connectivity index is 1.49. The highest BCUT2D eigenvalue weighted by Gasteiger charge is 2.11. The van der Waals surface area contributed by atoms with Crippen LogP contribution in [0.25, 0.3) is 21.8 Å². The lowest BCUT2D eigenvalue weighted by Gasteiger charge is -2.15. The molecule has 3 N–H and O–H groups in total. The zero-order valence-electron chi connectivity index (χ0n) is 17.2. The number of hydrogen-bond donors (Lipinski definition) is 3. The molecule has 0 saturated heterocycles. The van der Waals surface area contributed by atoms with E-state index in [0.29, 0.717) is 31.2 Å². The minimum absolute atomic E-state index is 0.189. The summed E-state index contributed by atoms with van der Waals surface area (Å²) in [5.41, 5.74) is 2.08. The average molecular weight is 408 g/mol. The lowest BCUT2D eigenvalue weighted by atomic mass is 10.1. The van der Waals surface area contributed by atoms with Crippen molar-refractivity contribution in [3.05, 3.63) is 79.3 Å². The number of methoxy groups -OCH3 is 1. The molecule has 30 heavy (non-hydrogen) atoms. The molecule has 1 aromatic heterocycles. The Morgan fingerprint density at radius 2 is 1.87 bits per heavy atom. The summed E-state index contributed by atoms with van der Waals surface area (Å²) in [5.74, 6) is 1.82. The van der Waals surface area contributed by atoms with E-state index in [2.05, 4.69) is 29.5 Å². The van der Waals surface area contributed by atoms with E-state index in [-0.39, 0.29) is 6.61 Å². The second kappa shape index (κ2) is 10.5. The van der Waals surface area contributed by atoms with Crippen LogP contribution in [0.1, 0.15) is 0 Å². The molecule has 3 rings (SSSR count). The van der Waals surface area contributed by atoms with Crippen molar-refractivity contribution in [2.75, 3.05) is 33.4 Å². The summed E-state index contributed by atoms with van der Waals surface area (Å²) in [7, 11) is 1.55. The Morgan fingerprint density at radius 3 is 2.63 bits per heavy atom. The van der Waals surface area contributed by atoms with E-state index in [1.54, 1.807) is 19.3 Å². The van der Waals surface area contributed by atoms with Crippen molar-refractivity contribution in [1.29, 1.82) is 0 Å². The first-order chi connectivity index (χ1) is 14.7. The third-order valence-corrected chi connectivity index (χ3v) is 4.67. The maximum Gasteiger partial charge on any atom is 0.160 e. The van der Waals surface area contributed by atoms with Gasteiger partial charge in [0.05, 0.1) is 12.6 Å². The number of hydrogen-bond acceptors (Lipinski definition) is 5. The molecule has 0 bridgehead atoms. The smallest absolute Gasteiger partial charge is 0.160 e. The van der Waals surface area contributed by atoms with Crippen LogP contribution >= 0.6 is 0 Å². The number of rotatable bonds is 12. The van der Waals surface area contributed by atoms with Gasteiger partial charge in [0.25, 0.3) is 0 Å². The van der Waals surface area contributed by atoms with E-state index in [1.165, 1.54) is 0 Å². The first-order valence-corrected chi connectivity index (χ1v) is 9.84. The number of para-hydroxylation sites is 1. The average Bonchev–Trinajstić information content (AvgIpc) is 3.16. The molecular formula is C24H28N2O4. The number of aliphatic hydroxyl groups excluding tert-OH is 1. The van der Waals surface area contributed by atoms with E-state index in [1.807, 2.05) is 36.4 Å². The molecule has 0 amide bonds. The predicted molar refractivity (Wildman–Crippen MR) is 121 cm³/mol. The third-order valence-electron chi connectivity index (χ3n) is 4.67. The van der Waals surface area contributed by atoms with Gasteiger partial charge in [-0.15, -0.1) is 0 Å². The number of H-pyrrole nitrogens is 1. The summed E-state index contributed by atoms with van der Waals surface area (Å²) in [4.78, 5) is 3.39. The molecule has 0 spiro atoms. The van der Waals surface area contributed by atoms with Crippen LogP contribution in [-0.4, -0.2) is 49.6 Å². The molecule has 3 aromatic rings. The number of aromatic nitrogens is 1. The third kappa shape index (κ3) is 5.03. The fourth-order valence-electron chi connectivity index (χ4n) is 3.25. The molecule has 0 aliphatic heterocycles. The lowest BCUT2D eigenvalue weighted by molar-refractivity contribution is 0.104. The molecule has 6 heteroatoms. The van der Waals surface area contributed by atoms with Gasteiger partial charge in [0.2, 0.25) is 0 Å². The zero-order valence-corrected chi connectivity index (χ0v) is 17.2. The topological polar surface area (TPSA) is 75.7 Å². The van der Waals surface area contributed by atoms with Crippen LogP contribution in [0.15, 0.2) is 79.3 Å². The van der Waals surface area contributed by atoms with E-state index in [0.717, 1.165) is 27.6 Å². The Bertz CT molecular complexity index is 1040. The first-order valence-electron chi connectivity index (χ1n) is 9.84. The summed E-state index contributed by atoms with van der Waals surface area (Å²) >= 11 is 0. The highest BCUT2D eigenvalue weighted by Crippen LogP contribution is 2.32. The summed E-state index contributed by atoms with van der Waals surface area (Å²) in [6, 6.07) is 14.0. The van der Waals surface area contributed by atoms with Crippen molar-refractivity contribution in [2.45, 2.75) is 6.10 Å². The molecule has 2 aromatic carbocycles. The van der Waals surface area contributed by atoms with Crippen molar-refractivity contribution in [3.63, 3.8) is 0 Å². The number of fused-ring (bicyclic) bond motifs is 3. The van der Waals surface area contributed by atoms with Crippen LogP contribution in [0.4, 0.5) is 0 Å². The molecule has 158 valence electrons. The first kappa shape index (κ1) is 21.5. The van der Waals surface area contributed by atoms with E-state index in [9.17, 15) is 5.11 Å². The van der Waals surface area contributed by atoms with Crippen LogP contribution in [0.5, 0.6) is 5.75 Å². The molecule has 1 atom stereocenters. The van der Waals surface area contributed by atoms with E-state index in [4.69, 9.17) is 14.2 Å². The zero-order chi connectivity index (χ0) is 21.3. The molecule has 0 aliphatic rings. The quantitative estimate of drug-likeness (QED) is 0.241. The number of aliphatic hydroxyl groups is 1. The van der Waals surface area contributed by atoms with Gasteiger partial charge in [0, 0.05) is 29.4 Å². The Morgan fingerprint density at radius 1 is 1.10 bits per heavy atom. The Kier molecular flexibility index (Phi) is 7.54. The van der Waals surface area contributed by atoms with Gasteiger partial charge in [-0.3, -0.25) is 0 Å². The normalized spacial score (nSPS) is 13.0. The number of allylic oxidation sites excluding steroid dienone is 2. The number of aromatic amines is 1. The van der Waals surface area contributed by atoms with Crippen LogP contribution < -0.4 is 10.1 Å². The molecule has 0 aliphatic carbocycles. The summed E-state index contributed by atoms with van der Waals surface area (Å²) in [6.45, 7) is 8.92. The highest BCUT2D eigenvalue weighted by atomic mass is 16.5. The highest BCUT2D eigenvalue weighted by molar-refractivity contribution is 6.10. The Hall–Kier alpha value is -3.22. The maximum absolute atomic E-state index is 10.3. The van der Waals surface area contributed by atoms with Crippen molar-refractivity contribution in [3.8, 4) is 5.75 Å². The summed E-state index contributed by atoms with van der Waals surface area (Å²) in [5, 5.41) is 15.6. The fourth-order valence-corrected chi connectivity index (χ4v) is 3.25. The van der Waals surface area contributed by atoms with Crippen LogP contribution in [0.3, 0.4) is 0 Å². The minimum atomic E-state index is -0.650. The van der Waals surface area contributed by atoms with E-state index < -0.39 is 6.10 Å². The summed E-state index contributed by atoms with van der Waals surface area (Å²) in [6.07, 6.45) is 2.50. The number of benzene rings is 2. The molecule has 0 radical (unpaired) electrons. The molecule has 0 saturated carbocycles. The second-order valence-electron chi connectivity index (χ2n) is 6.71. The van der Waals surface area contributed by atoms with Crippen molar-refractivity contribution in [1.82, 2.24) is 10.3 Å². The number of nitrogens with one attached hydrogen (secondary N) is 2. The van der Waals surface area contributed by atoms with Gasteiger partial charge < -0.3 is 29.6 Å². The fraction of sp³-hybridized carbons (Fsp3) is 0.250. The largest absolute Gasteiger partial charge is 0.493 e. The predicted octanol–water partition coefficient (Wildman–Crippen LogP) is 3.90. The molecule has 6 nitrogen and oxygen atoms in total. The van der Waals surface area contributed by atoms with Crippen molar-refractivity contribution in [2.24, 2.45) is 0 Å². The van der Waals surface area contributed by atoms with Crippen molar-refractivity contribution < 1.29 is 19.3 Å². The van der Waals surface area contributed by atoms with Crippen LogP contribution in [-0.2, 0) is 9.47 Å². The monoisotopic (exact) mass is 408 g/mol. The minimum Gasteiger partial charge on any atom is -0.493 e. The SMILES string of the molecule is C=C/C(OC)=C(\C=C)OCCNCC(O)COc1cccc2[nH]c3ccccc3c12. The van der Waals surface area contributed by atoms with Gasteiger partial charge in [-0.2, -0.15) is 0 Å². The molecule has 1 unspecified atom stereocenters. The second-order valence-corrected chi connectivity index (χ2v) is 6.71. The number of ether oxygens (including phenoxy) is 3. The molecular weight excluding hydrogens is 380 g/mol. The van der Waals surface area contributed by atoms with Gasteiger partial charge in [0.1, 0.15) is 25.1 Å². The summed E-state index contributed by atoms with van der Waals surface area (Å²) < 4.78 is 16.7. The van der Waals surface area contributed by atoms with E-state index >= 15 is 0 Å². The van der Waals surface area contributed by atoms with Crippen LogP contribution in [0.2, 0.25) is 0 Å². The van der Waals surface area contributed by atoms with Gasteiger partial charge in [-0.05, 0) is 30.4 Å². The van der Waals surface area contributed by atoms with Crippen molar-refractivity contribution >= 4 is 21.8 Å². The van der Waals surface area contributed by atoms with Gasteiger partial charge >= 0.3 is 0 Å². The van der Waals surface area contributed by atoms with Crippen LogP contribution in [0, 0.1) is 0 Å². The standard InChI is InChI=1S/C24H28N2O4/c1-4-21(28-3)22(5-2)29-14-13-25-15-17(27)16-30-23-12-8-11-20-24(23)18-9-6-7-10-19(18)26-20/h4-12,17,25-27H,1-2,13-16H2,3H3/b22-21-. The lowest BCUT2D eigenvalue weighted by Crippen LogP contribution is -2.33. The van der Waals surface area contributed by atoms with Gasteiger partial charge in [0.15, 0.2) is 11.5 Å². The molecule has 1 heterocycles. The molecule has 0 fully saturated rings.